The third kappa shape index (κ3) is 7.54. The van der Waals surface area contributed by atoms with Gasteiger partial charge in [-0.15, -0.1) is 0 Å². The Morgan fingerprint density at radius 3 is 2.00 bits per heavy atom. The van der Waals surface area contributed by atoms with Gasteiger partial charge < -0.3 is 19.5 Å². The molecule has 0 atom stereocenters. The minimum atomic E-state index is 0.0319. The van der Waals surface area contributed by atoms with Gasteiger partial charge in [0.25, 0.3) is 0 Å². The normalized spacial score (nSPS) is 11.1. The van der Waals surface area contributed by atoms with Crippen molar-refractivity contribution in [1.29, 1.82) is 0 Å². The molecule has 0 saturated carbocycles. The minimum Gasteiger partial charge on any atom is -0.502 e. The van der Waals surface area contributed by atoms with E-state index in [9.17, 15) is 9.90 Å². The van der Waals surface area contributed by atoms with E-state index >= 15 is 0 Å². The van der Waals surface area contributed by atoms with Gasteiger partial charge in [-0.05, 0) is 42.4 Å². The Hall–Kier alpha value is -1.91. The zero-order chi connectivity index (χ0) is 19.7. The molecule has 0 radical (unpaired) electrons. The van der Waals surface area contributed by atoms with Crippen LogP contribution >= 0.6 is 0 Å². The summed E-state index contributed by atoms with van der Waals surface area (Å²) in [5.41, 5.74) is 0.929. The van der Waals surface area contributed by atoms with Crippen molar-refractivity contribution in [2.24, 2.45) is 11.8 Å². The van der Waals surface area contributed by atoms with Crippen molar-refractivity contribution < 1.29 is 19.4 Å². The molecule has 0 unspecified atom stereocenters. The number of ether oxygens (including phenoxy) is 2. The van der Waals surface area contributed by atoms with E-state index in [1.54, 1.807) is 4.90 Å². The molecule has 1 N–H and O–H groups in total. The van der Waals surface area contributed by atoms with Gasteiger partial charge >= 0.3 is 0 Å². The molecule has 0 bridgehead atoms. The first-order chi connectivity index (χ1) is 12.2. The number of aryl methyl sites for hydroxylation is 1. The average molecular weight is 366 g/mol. The van der Waals surface area contributed by atoms with Crippen molar-refractivity contribution in [2.75, 3.05) is 26.8 Å². The van der Waals surface area contributed by atoms with E-state index < -0.39 is 0 Å². The summed E-state index contributed by atoms with van der Waals surface area (Å²) in [5, 5.41) is 10.4. The molecule has 1 rings (SSSR count). The van der Waals surface area contributed by atoms with Crippen molar-refractivity contribution in [3.63, 3.8) is 0 Å². The van der Waals surface area contributed by atoms with Crippen LogP contribution in [0.25, 0.3) is 0 Å². The van der Waals surface area contributed by atoms with Crippen LogP contribution in [0.15, 0.2) is 12.1 Å². The van der Waals surface area contributed by atoms with Crippen molar-refractivity contribution >= 4 is 5.91 Å². The Bertz CT molecular complexity index is 536. The lowest BCUT2D eigenvalue weighted by Gasteiger charge is -2.18. The SMILES string of the molecule is CCCN(C)C(=O)CCc1cc(OCC(C)C)c(O)c(OCC(C)C)c1. The van der Waals surface area contributed by atoms with Gasteiger partial charge in [-0.25, -0.2) is 0 Å². The molecule has 1 amide bonds. The second kappa shape index (κ2) is 10.9. The lowest BCUT2D eigenvalue weighted by Crippen LogP contribution is -2.27. The van der Waals surface area contributed by atoms with Gasteiger partial charge in [0.15, 0.2) is 11.5 Å². The minimum absolute atomic E-state index is 0.0319. The van der Waals surface area contributed by atoms with Crippen LogP contribution in [0.3, 0.4) is 0 Å². The molecule has 0 saturated heterocycles. The predicted molar refractivity (Wildman–Crippen MR) is 105 cm³/mol. The number of carbonyl (C=O) groups is 1. The van der Waals surface area contributed by atoms with E-state index in [0.717, 1.165) is 18.5 Å². The predicted octanol–water partition coefficient (Wildman–Crippen LogP) is 4.26. The van der Waals surface area contributed by atoms with E-state index in [1.807, 2.05) is 19.2 Å². The molecular weight excluding hydrogens is 330 g/mol. The number of carbonyl (C=O) groups excluding carboxylic acids is 1. The molecule has 0 aromatic heterocycles. The molecule has 0 spiro atoms. The Morgan fingerprint density at radius 1 is 1.08 bits per heavy atom. The number of aromatic hydroxyl groups is 1. The highest BCUT2D eigenvalue weighted by Gasteiger charge is 2.15. The molecule has 5 heteroatoms. The van der Waals surface area contributed by atoms with Crippen molar-refractivity contribution in [3.05, 3.63) is 17.7 Å². The van der Waals surface area contributed by atoms with E-state index in [-0.39, 0.29) is 11.7 Å². The molecule has 148 valence electrons. The number of nitrogens with zero attached hydrogens (tertiary/aromatic N) is 1. The summed E-state index contributed by atoms with van der Waals surface area (Å²) in [5.74, 6) is 1.69. The second-order valence-electron chi connectivity index (χ2n) is 7.67. The molecular formula is C21H35NO4. The summed E-state index contributed by atoms with van der Waals surface area (Å²) >= 11 is 0. The van der Waals surface area contributed by atoms with Gasteiger partial charge in [-0.3, -0.25) is 4.79 Å². The van der Waals surface area contributed by atoms with Crippen molar-refractivity contribution in [2.45, 2.75) is 53.9 Å². The smallest absolute Gasteiger partial charge is 0.222 e. The maximum atomic E-state index is 12.2. The van der Waals surface area contributed by atoms with Crippen LogP contribution in [-0.4, -0.2) is 42.7 Å². The van der Waals surface area contributed by atoms with Crippen LogP contribution in [0.2, 0.25) is 0 Å². The van der Waals surface area contributed by atoms with E-state index in [4.69, 9.17) is 9.47 Å². The fraction of sp³-hybridized carbons (Fsp3) is 0.667. The number of phenolic OH excluding ortho intramolecular Hbond substituents is 1. The van der Waals surface area contributed by atoms with Gasteiger partial charge in [-0.1, -0.05) is 34.6 Å². The summed E-state index contributed by atoms with van der Waals surface area (Å²) in [6.45, 7) is 12.1. The van der Waals surface area contributed by atoms with Gasteiger partial charge in [0.1, 0.15) is 0 Å². The van der Waals surface area contributed by atoms with Crippen LogP contribution in [0.4, 0.5) is 0 Å². The third-order valence-electron chi connectivity index (χ3n) is 3.86. The van der Waals surface area contributed by atoms with Gasteiger partial charge in [-0.2, -0.15) is 0 Å². The van der Waals surface area contributed by atoms with Crippen molar-refractivity contribution in [1.82, 2.24) is 4.90 Å². The number of phenols is 1. The van der Waals surface area contributed by atoms with Crippen LogP contribution in [0.5, 0.6) is 17.2 Å². The standard InChI is InChI=1S/C21H35NO4/c1-7-10-22(6)20(23)9-8-17-11-18(25-13-15(2)3)21(24)19(12-17)26-14-16(4)5/h11-12,15-16,24H,7-10,13-14H2,1-6H3. The number of benzene rings is 1. The highest BCUT2D eigenvalue weighted by molar-refractivity contribution is 5.76. The third-order valence-corrected chi connectivity index (χ3v) is 3.86. The summed E-state index contributed by atoms with van der Waals surface area (Å²) in [6, 6.07) is 3.63. The van der Waals surface area contributed by atoms with E-state index in [0.29, 0.717) is 49.4 Å². The first kappa shape index (κ1) is 22.1. The first-order valence-corrected chi connectivity index (χ1v) is 9.60. The number of amides is 1. The lowest BCUT2D eigenvalue weighted by atomic mass is 10.1. The number of hydrogen-bond acceptors (Lipinski definition) is 4. The quantitative estimate of drug-likeness (QED) is 0.636. The summed E-state index contributed by atoms with van der Waals surface area (Å²) in [7, 11) is 1.83. The van der Waals surface area contributed by atoms with E-state index in [2.05, 4.69) is 34.6 Å². The zero-order valence-corrected chi connectivity index (χ0v) is 17.2. The van der Waals surface area contributed by atoms with Gasteiger partial charge in [0.2, 0.25) is 11.7 Å². The Morgan fingerprint density at radius 2 is 1.58 bits per heavy atom. The second-order valence-corrected chi connectivity index (χ2v) is 7.67. The molecule has 0 aliphatic carbocycles. The van der Waals surface area contributed by atoms with Crippen LogP contribution < -0.4 is 9.47 Å². The summed E-state index contributed by atoms with van der Waals surface area (Å²) in [6.07, 6.45) is 1.96. The molecule has 1 aromatic carbocycles. The Labute approximate surface area is 158 Å². The highest BCUT2D eigenvalue weighted by Crippen LogP contribution is 2.38. The molecule has 5 nitrogen and oxygen atoms in total. The highest BCUT2D eigenvalue weighted by atomic mass is 16.5. The van der Waals surface area contributed by atoms with Crippen LogP contribution in [0, 0.1) is 11.8 Å². The summed E-state index contributed by atoms with van der Waals surface area (Å²) < 4.78 is 11.5. The average Bonchev–Trinajstić information content (AvgIpc) is 2.58. The Balaban J connectivity index is 2.92. The van der Waals surface area contributed by atoms with Gasteiger partial charge in [0, 0.05) is 20.0 Å². The maximum absolute atomic E-state index is 12.2. The first-order valence-electron chi connectivity index (χ1n) is 9.60. The monoisotopic (exact) mass is 365 g/mol. The molecule has 1 aromatic rings. The van der Waals surface area contributed by atoms with Crippen LogP contribution in [-0.2, 0) is 11.2 Å². The van der Waals surface area contributed by atoms with E-state index in [1.165, 1.54) is 0 Å². The maximum Gasteiger partial charge on any atom is 0.222 e. The zero-order valence-electron chi connectivity index (χ0n) is 17.2. The molecule has 0 fully saturated rings. The number of hydrogen-bond donors (Lipinski definition) is 1. The van der Waals surface area contributed by atoms with Gasteiger partial charge in [0.05, 0.1) is 13.2 Å². The van der Waals surface area contributed by atoms with Crippen molar-refractivity contribution in [3.8, 4) is 17.2 Å². The molecule has 0 heterocycles. The lowest BCUT2D eigenvalue weighted by molar-refractivity contribution is -0.129. The molecule has 26 heavy (non-hydrogen) atoms. The molecule has 0 aliphatic rings. The fourth-order valence-electron chi connectivity index (χ4n) is 2.42. The fourth-order valence-corrected chi connectivity index (χ4v) is 2.42. The number of rotatable bonds is 11. The molecule has 0 aliphatic heterocycles. The Kier molecular flexibility index (Phi) is 9.31. The largest absolute Gasteiger partial charge is 0.502 e. The topological polar surface area (TPSA) is 59.0 Å². The summed E-state index contributed by atoms with van der Waals surface area (Å²) in [4.78, 5) is 13.9. The van der Waals surface area contributed by atoms with Crippen LogP contribution in [0.1, 0.15) is 53.0 Å².